The summed E-state index contributed by atoms with van der Waals surface area (Å²) in [7, 11) is 0. The lowest BCUT2D eigenvalue weighted by Gasteiger charge is -2.28. The van der Waals surface area contributed by atoms with Gasteiger partial charge in [-0.15, -0.1) is 0 Å². The van der Waals surface area contributed by atoms with Gasteiger partial charge >= 0.3 is 0 Å². The molecule has 1 aliphatic rings. The number of unbranched alkanes of at least 4 members (excludes halogenated alkanes) is 1. The summed E-state index contributed by atoms with van der Waals surface area (Å²) in [5, 5.41) is 31.4. The quantitative estimate of drug-likeness (QED) is 0.201. The molecule has 8 heteroatoms. The first-order chi connectivity index (χ1) is 21.5. The highest BCUT2D eigenvalue weighted by Crippen LogP contribution is 2.32. The third-order valence-electron chi connectivity index (χ3n) is 8.07. The van der Waals surface area contributed by atoms with E-state index in [1.165, 1.54) is 11.1 Å². The van der Waals surface area contributed by atoms with Gasteiger partial charge in [0.2, 0.25) is 0 Å². The molecule has 0 radical (unpaired) electrons. The number of benzene rings is 2. The van der Waals surface area contributed by atoms with Gasteiger partial charge in [-0.3, -0.25) is 19.7 Å². The van der Waals surface area contributed by atoms with E-state index in [0.717, 1.165) is 66.6 Å². The SMILES string of the molecule is Cc1c(NC(=O)c2ccc(CCCCO)cn2)cccc1-c1ccnc(/C=C/c2ccc3c(c2)CCN(CCO)C3)c1C#N. The van der Waals surface area contributed by atoms with Crippen molar-refractivity contribution in [2.45, 2.75) is 39.2 Å². The Morgan fingerprint density at radius 3 is 2.68 bits per heavy atom. The molecule has 0 spiro atoms. The van der Waals surface area contributed by atoms with Crippen molar-refractivity contribution in [1.82, 2.24) is 14.9 Å². The lowest BCUT2D eigenvalue weighted by atomic mass is 9.94. The molecule has 0 aliphatic carbocycles. The summed E-state index contributed by atoms with van der Waals surface area (Å²) in [6, 6.07) is 19.8. The zero-order valence-electron chi connectivity index (χ0n) is 25.0. The first-order valence-corrected chi connectivity index (χ1v) is 15.0. The number of nitrogens with one attached hydrogen (secondary N) is 1. The number of amides is 1. The Morgan fingerprint density at radius 1 is 1.02 bits per heavy atom. The van der Waals surface area contributed by atoms with E-state index < -0.39 is 0 Å². The van der Waals surface area contributed by atoms with Crippen LogP contribution in [0.4, 0.5) is 5.69 Å². The van der Waals surface area contributed by atoms with Crippen molar-refractivity contribution in [2.24, 2.45) is 0 Å². The van der Waals surface area contributed by atoms with Gasteiger partial charge in [0.05, 0.1) is 17.9 Å². The number of nitriles is 1. The Bertz CT molecular complexity index is 1690. The average Bonchev–Trinajstić information content (AvgIpc) is 3.05. The molecule has 3 N–H and O–H groups in total. The number of aromatic nitrogens is 2. The Balaban J connectivity index is 1.34. The third-order valence-corrected chi connectivity index (χ3v) is 8.07. The highest BCUT2D eigenvalue weighted by atomic mass is 16.3. The van der Waals surface area contributed by atoms with Crippen LogP contribution in [0.3, 0.4) is 0 Å². The highest BCUT2D eigenvalue weighted by molar-refractivity contribution is 6.03. The van der Waals surface area contributed by atoms with Crippen LogP contribution in [0.1, 0.15) is 62.4 Å². The number of pyridine rings is 2. The largest absolute Gasteiger partial charge is 0.396 e. The van der Waals surface area contributed by atoms with E-state index >= 15 is 0 Å². The molecule has 3 heterocycles. The summed E-state index contributed by atoms with van der Waals surface area (Å²) in [6.07, 6.45) is 10.6. The predicted molar refractivity (Wildman–Crippen MR) is 173 cm³/mol. The van der Waals surface area contributed by atoms with Gasteiger partial charge in [-0.05, 0) is 90.3 Å². The average molecular weight is 588 g/mol. The number of carbonyl (C=O) groups is 1. The highest BCUT2D eigenvalue weighted by Gasteiger charge is 2.17. The summed E-state index contributed by atoms with van der Waals surface area (Å²) in [5.41, 5.74) is 9.08. The van der Waals surface area contributed by atoms with Crippen molar-refractivity contribution >= 4 is 23.7 Å². The van der Waals surface area contributed by atoms with Gasteiger partial charge in [-0.25, -0.2) is 0 Å². The fourth-order valence-electron chi connectivity index (χ4n) is 5.59. The number of rotatable bonds is 11. The standard InChI is InChI=1S/C36H37N5O3/c1-25-30(6-4-7-33(25)40-36(44)35-13-10-27(23-39-35)5-2-3-19-42)31-14-16-38-34(32(31)22-37)12-9-26-8-11-29-24-41(18-20-43)17-15-28(29)21-26/h4,6-14,16,21,23,42-43H,2-3,5,15,17-20,24H2,1H3,(H,40,44)/b12-9+. The Labute approximate surface area is 258 Å². The minimum Gasteiger partial charge on any atom is -0.396 e. The fraction of sp³-hybridized carbons (Fsp3) is 0.278. The monoisotopic (exact) mass is 587 g/mol. The maximum absolute atomic E-state index is 13.0. The normalized spacial score (nSPS) is 13.0. The van der Waals surface area contributed by atoms with E-state index in [-0.39, 0.29) is 19.1 Å². The van der Waals surface area contributed by atoms with Crippen molar-refractivity contribution in [1.29, 1.82) is 5.26 Å². The summed E-state index contributed by atoms with van der Waals surface area (Å²) < 4.78 is 0. The minimum absolute atomic E-state index is 0.168. The lowest BCUT2D eigenvalue weighted by molar-refractivity contribution is 0.102. The molecule has 0 atom stereocenters. The molecule has 1 aliphatic heterocycles. The molecule has 2 aromatic heterocycles. The van der Waals surface area contributed by atoms with Crippen molar-refractivity contribution in [3.05, 3.63) is 112 Å². The summed E-state index contributed by atoms with van der Waals surface area (Å²) in [6.45, 7) is 4.72. The second-order valence-corrected chi connectivity index (χ2v) is 11.0. The summed E-state index contributed by atoms with van der Waals surface area (Å²) in [4.78, 5) is 24.1. The smallest absolute Gasteiger partial charge is 0.274 e. The molecule has 8 nitrogen and oxygen atoms in total. The van der Waals surface area contributed by atoms with E-state index in [1.807, 2.05) is 49.4 Å². The molecule has 0 bridgehead atoms. The van der Waals surface area contributed by atoms with Crippen LogP contribution in [0.25, 0.3) is 23.3 Å². The third kappa shape index (κ3) is 7.26. The number of anilines is 1. The van der Waals surface area contributed by atoms with Crippen LogP contribution >= 0.6 is 0 Å². The molecule has 1 amide bonds. The van der Waals surface area contributed by atoms with Crippen molar-refractivity contribution in [3.63, 3.8) is 0 Å². The Hall–Kier alpha value is -4.68. The molecule has 0 fully saturated rings. The van der Waals surface area contributed by atoms with Crippen molar-refractivity contribution < 1.29 is 15.0 Å². The van der Waals surface area contributed by atoms with E-state index in [1.54, 1.807) is 18.5 Å². The zero-order chi connectivity index (χ0) is 30.9. The van der Waals surface area contributed by atoms with Crippen LogP contribution in [0.15, 0.2) is 67.0 Å². The summed E-state index contributed by atoms with van der Waals surface area (Å²) in [5.74, 6) is -0.308. The van der Waals surface area contributed by atoms with Gasteiger partial charge in [0, 0.05) is 49.9 Å². The minimum atomic E-state index is -0.308. The first kappa shape index (κ1) is 30.8. The maximum atomic E-state index is 13.0. The van der Waals surface area contributed by atoms with E-state index in [9.17, 15) is 15.2 Å². The molecule has 5 rings (SSSR count). The van der Waals surface area contributed by atoms with Gasteiger partial charge < -0.3 is 15.5 Å². The zero-order valence-corrected chi connectivity index (χ0v) is 25.0. The number of hydrogen-bond donors (Lipinski definition) is 3. The van der Waals surface area contributed by atoms with Gasteiger partial charge in [-0.2, -0.15) is 5.26 Å². The van der Waals surface area contributed by atoms with Crippen LogP contribution in [0.2, 0.25) is 0 Å². The second kappa shape index (κ2) is 14.7. The Morgan fingerprint density at radius 2 is 1.91 bits per heavy atom. The number of hydrogen-bond acceptors (Lipinski definition) is 7. The van der Waals surface area contributed by atoms with Gasteiger partial charge in [0.15, 0.2) is 0 Å². The van der Waals surface area contributed by atoms with Gasteiger partial charge in [-0.1, -0.05) is 42.5 Å². The number of aliphatic hydroxyl groups is 2. The maximum Gasteiger partial charge on any atom is 0.274 e. The first-order valence-electron chi connectivity index (χ1n) is 15.0. The van der Waals surface area contributed by atoms with E-state index in [0.29, 0.717) is 29.2 Å². The molecule has 0 saturated carbocycles. The fourth-order valence-corrected chi connectivity index (χ4v) is 5.59. The number of carbonyl (C=O) groups excluding carboxylic acids is 1. The molecule has 2 aromatic carbocycles. The topological polar surface area (TPSA) is 122 Å². The van der Waals surface area contributed by atoms with Gasteiger partial charge in [0.1, 0.15) is 11.8 Å². The molecule has 0 unspecified atom stereocenters. The number of aliphatic hydroxyl groups excluding tert-OH is 2. The lowest BCUT2D eigenvalue weighted by Crippen LogP contribution is -2.32. The molecular formula is C36H37N5O3. The van der Waals surface area contributed by atoms with Crippen LogP contribution < -0.4 is 5.32 Å². The van der Waals surface area contributed by atoms with Gasteiger partial charge in [0.25, 0.3) is 5.91 Å². The number of fused-ring (bicyclic) bond motifs is 1. The van der Waals surface area contributed by atoms with Crippen LogP contribution in [0.5, 0.6) is 0 Å². The summed E-state index contributed by atoms with van der Waals surface area (Å²) >= 11 is 0. The Kier molecular flexibility index (Phi) is 10.3. The van der Waals surface area contributed by atoms with E-state index in [2.05, 4.69) is 44.5 Å². The van der Waals surface area contributed by atoms with Crippen LogP contribution in [-0.2, 0) is 19.4 Å². The number of aryl methyl sites for hydroxylation is 1. The molecule has 0 saturated heterocycles. The predicted octanol–water partition coefficient (Wildman–Crippen LogP) is 5.41. The van der Waals surface area contributed by atoms with Crippen molar-refractivity contribution in [3.8, 4) is 17.2 Å². The molecular weight excluding hydrogens is 550 g/mol. The van der Waals surface area contributed by atoms with Crippen LogP contribution in [0, 0.1) is 18.3 Å². The van der Waals surface area contributed by atoms with E-state index in [4.69, 9.17) is 5.11 Å². The number of nitrogens with zero attached hydrogens (tertiary/aromatic N) is 4. The molecule has 224 valence electrons. The number of β-amino-alcohol motifs (C(OH)–C–C–N with tert-alkyl or cyclic N) is 1. The van der Waals surface area contributed by atoms with Crippen molar-refractivity contribution in [2.75, 3.05) is 31.6 Å². The second-order valence-electron chi connectivity index (χ2n) is 11.0. The molecule has 4 aromatic rings. The molecule has 44 heavy (non-hydrogen) atoms. The van der Waals surface area contributed by atoms with Crippen LogP contribution in [-0.4, -0.2) is 57.3 Å².